The SMILES string of the molecule is CC(C)c1cccc(Nc2nccnc2N)c1. The monoisotopic (exact) mass is 228 g/mol. The van der Waals surface area contributed by atoms with Crippen LogP contribution in [0, 0.1) is 0 Å². The third kappa shape index (κ3) is 2.72. The first-order valence-electron chi connectivity index (χ1n) is 5.60. The van der Waals surface area contributed by atoms with E-state index in [0.29, 0.717) is 17.6 Å². The number of rotatable bonds is 3. The van der Waals surface area contributed by atoms with Crippen molar-refractivity contribution < 1.29 is 0 Å². The number of benzene rings is 1. The summed E-state index contributed by atoms with van der Waals surface area (Å²) in [4.78, 5) is 8.14. The highest BCUT2D eigenvalue weighted by molar-refractivity contribution is 5.65. The van der Waals surface area contributed by atoms with Crippen LogP contribution in [0.25, 0.3) is 0 Å². The molecular formula is C13H16N4. The number of nitrogens with zero attached hydrogens (tertiary/aromatic N) is 2. The fourth-order valence-electron chi connectivity index (χ4n) is 1.56. The molecule has 0 radical (unpaired) electrons. The maximum atomic E-state index is 5.73. The minimum absolute atomic E-state index is 0.405. The molecule has 2 rings (SSSR count). The van der Waals surface area contributed by atoms with E-state index in [1.807, 2.05) is 12.1 Å². The van der Waals surface area contributed by atoms with Crippen LogP contribution in [0.15, 0.2) is 36.7 Å². The van der Waals surface area contributed by atoms with Crippen molar-refractivity contribution in [3.05, 3.63) is 42.2 Å². The van der Waals surface area contributed by atoms with Gasteiger partial charge >= 0.3 is 0 Å². The lowest BCUT2D eigenvalue weighted by Crippen LogP contribution is -2.01. The van der Waals surface area contributed by atoms with E-state index in [4.69, 9.17) is 5.73 Å². The normalized spacial score (nSPS) is 10.5. The minimum atomic E-state index is 0.405. The van der Waals surface area contributed by atoms with Gasteiger partial charge in [-0.05, 0) is 23.6 Å². The Bertz CT molecular complexity index is 508. The van der Waals surface area contributed by atoms with Gasteiger partial charge < -0.3 is 11.1 Å². The highest BCUT2D eigenvalue weighted by Gasteiger charge is 2.03. The molecule has 1 heterocycles. The summed E-state index contributed by atoms with van der Waals surface area (Å²) in [5, 5.41) is 3.17. The van der Waals surface area contributed by atoms with Gasteiger partial charge in [-0.3, -0.25) is 0 Å². The molecule has 0 unspecified atom stereocenters. The highest BCUT2D eigenvalue weighted by atomic mass is 15.0. The number of anilines is 3. The van der Waals surface area contributed by atoms with E-state index in [1.165, 1.54) is 5.56 Å². The molecule has 4 nitrogen and oxygen atoms in total. The number of aromatic nitrogens is 2. The molecule has 0 aliphatic carbocycles. The molecule has 0 spiro atoms. The fourth-order valence-corrected chi connectivity index (χ4v) is 1.56. The largest absolute Gasteiger partial charge is 0.381 e. The van der Waals surface area contributed by atoms with Crippen LogP contribution >= 0.6 is 0 Å². The Balaban J connectivity index is 2.25. The van der Waals surface area contributed by atoms with Crippen LogP contribution in [0.3, 0.4) is 0 Å². The van der Waals surface area contributed by atoms with E-state index in [1.54, 1.807) is 12.4 Å². The average molecular weight is 228 g/mol. The summed E-state index contributed by atoms with van der Waals surface area (Å²) in [7, 11) is 0. The molecule has 0 amide bonds. The topological polar surface area (TPSA) is 63.8 Å². The Morgan fingerprint density at radius 1 is 1.18 bits per heavy atom. The third-order valence-corrected chi connectivity index (χ3v) is 2.54. The van der Waals surface area contributed by atoms with E-state index in [-0.39, 0.29) is 0 Å². The zero-order chi connectivity index (χ0) is 12.3. The molecule has 2 aromatic rings. The summed E-state index contributed by atoms with van der Waals surface area (Å²) >= 11 is 0. The van der Waals surface area contributed by atoms with Crippen LogP contribution in [0.5, 0.6) is 0 Å². The van der Waals surface area contributed by atoms with Crippen LogP contribution in [-0.4, -0.2) is 9.97 Å². The summed E-state index contributed by atoms with van der Waals surface area (Å²) in [6.07, 6.45) is 3.19. The van der Waals surface area contributed by atoms with Crippen LogP contribution in [0.4, 0.5) is 17.3 Å². The summed E-state index contributed by atoms with van der Waals surface area (Å²) in [6, 6.07) is 8.21. The van der Waals surface area contributed by atoms with Crippen molar-refractivity contribution in [1.29, 1.82) is 0 Å². The molecule has 0 aliphatic heterocycles. The van der Waals surface area contributed by atoms with Gasteiger partial charge in [0, 0.05) is 18.1 Å². The van der Waals surface area contributed by atoms with E-state index >= 15 is 0 Å². The molecule has 0 saturated heterocycles. The van der Waals surface area contributed by atoms with Crippen LogP contribution < -0.4 is 11.1 Å². The van der Waals surface area contributed by atoms with Crippen molar-refractivity contribution in [2.45, 2.75) is 19.8 Å². The van der Waals surface area contributed by atoms with E-state index in [2.05, 4.69) is 41.3 Å². The van der Waals surface area contributed by atoms with Crippen LogP contribution in [0.2, 0.25) is 0 Å². The molecule has 0 fully saturated rings. The maximum Gasteiger partial charge on any atom is 0.173 e. The number of nitrogens with one attached hydrogen (secondary N) is 1. The first-order chi connectivity index (χ1) is 8.16. The molecule has 3 N–H and O–H groups in total. The quantitative estimate of drug-likeness (QED) is 0.847. The van der Waals surface area contributed by atoms with Crippen molar-refractivity contribution in [2.24, 2.45) is 0 Å². The van der Waals surface area contributed by atoms with Gasteiger partial charge in [-0.2, -0.15) is 0 Å². The first kappa shape index (κ1) is 11.4. The Morgan fingerprint density at radius 2 is 1.94 bits per heavy atom. The maximum absolute atomic E-state index is 5.73. The molecular weight excluding hydrogens is 212 g/mol. The zero-order valence-electron chi connectivity index (χ0n) is 10.0. The standard InChI is InChI=1S/C13H16N4/c1-9(2)10-4-3-5-11(8-10)17-13-12(14)15-6-7-16-13/h3-9H,1-2H3,(H2,14,15)(H,16,17). The van der Waals surface area contributed by atoms with E-state index in [9.17, 15) is 0 Å². The van der Waals surface area contributed by atoms with E-state index in [0.717, 1.165) is 5.69 Å². The van der Waals surface area contributed by atoms with Crippen LogP contribution in [0.1, 0.15) is 25.3 Å². The lowest BCUT2D eigenvalue weighted by atomic mass is 10.0. The molecule has 88 valence electrons. The van der Waals surface area contributed by atoms with Gasteiger partial charge in [0.05, 0.1) is 0 Å². The second kappa shape index (κ2) is 4.82. The number of nitrogen functional groups attached to an aromatic ring is 1. The Hall–Kier alpha value is -2.10. The van der Waals surface area contributed by atoms with Gasteiger partial charge in [0.15, 0.2) is 11.6 Å². The molecule has 17 heavy (non-hydrogen) atoms. The third-order valence-electron chi connectivity index (χ3n) is 2.54. The Kier molecular flexibility index (Phi) is 3.23. The first-order valence-corrected chi connectivity index (χ1v) is 5.60. The minimum Gasteiger partial charge on any atom is -0.381 e. The number of nitrogens with two attached hydrogens (primary N) is 1. The molecule has 0 saturated carbocycles. The number of hydrogen-bond donors (Lipinski definition) is 2. The summed E-state index contributed by atoms with van der Waals surface area (Å²) in [6.45, 7) is 4.32. The Labute approximate surface area is 101 Å². The molecule has 1 aromatic carbocycles. The molecule has 0 atom stereocenters. The van der Waals surface area contributed by atoms with Crippen molar-refractivity contribution in [3.8, 4) is 0 Å². The summed E-state index contributed by atoms with van der Waals surface area (Å²) < 4.78 is 0. The van der Waals surface area contributed by atoms with Gasteiger partial charge in [-0.1, -0.05) is 26.0 Å². The number of hydrogen-bond acceptors (Lipinski definition) is 4. The smallest absolute Gasteiger partial charge is 0.173 e. The van der Waals surface area contributed by atoms with Gasteiger partial charge in [0.2, 0.25) is 0 Å². The summed E-state index contributed by atoms with van der Waals surface area (Å²) in [5.41, 5.74) is 7.98. The predicted octanol–water partition coefficient (Wildman–Crippen LogP) is 2.93. The second-order valence-electron chi connectivity index (χ2n) is 4.20. The van der Waals surface area contributed by atoms with Gasteiger partial charge in [-0.15, -0.1) is 0 Å². The van der Waals surface area contributed by atoms with Crippen molar-refractivity contribution in [2.75, 3.05) is 11.1 Å². The predicted molar refractivity (Wildman–Crippen MR) is 70.3 cm³/mol. The van der Waals surface area contributed by atoms with Crippen LogP contribution in [-0.2, 0) is 0 Å². The van der Waals surface area contributed by atoms with Gasteiger partial charge in [-0.25, -0.2) is 9.97 Å². The Morgan fingerprint density at radius 3 is 2.65 bits per heavy atom. The van der Waals surface area contributed by atoms with Gasteiger partial charge in [0.25, 0.3) is 0 Å². The lowest BCUT2D eigenvalue weighted by Gasteiger charge is -2.10. The molecule has 0 bridgehead atoms. The zero-order valence-corrected chi connectivity index (χ0v) is 10.0. The second-order valence-corrected chi connectivity index (χ2v) is 4.20. The van der Waals surface area contributed by atoms with Crippen molar-refractivity contribution in [3.63, 3.8) is 0 Å². The molecule has 4 heteroatoms. The van der Waals surface area contributed by atoms with Gasteiger partial charge in [0.1, 0.15) is 0 Å². The molecule has 0 aliphatic rings. The average Bonchev–Trinajstić information content (AvgIpc) is 2.32. The van der Waals surface area contributed by atoms with Crippen molar-refractivity contribution in [1.82, 2.24) is 9.97 Å². The highest BCUT2D eigenvalue weighted by Crippen LogP contribution is 2.22. The van der Waals surface area contributed by atoms with E-state index < -0.39 is 0 Å². The molecule has 1 aromatic heterocycles. The fraction of sp³-hybridized carbons (Fsp3) is 0.231. The van der Waals surface area contributed by atoms with Crippen molar-refractivity contribution >= 4 is 17.3 Å². The summed E-state index contributed by atoms with van der Waals surface area (Å²) in [5.74, 6) is 1.49. The lowest BCUT2D eigenvalue weighted by molar-refractivity contribution is 0.867.